The molecule has 0 unspecified atom stereocenters. The zero-order valence-electron chi connectivity index (χ0n) is 11.8. The highest BCUT2D eigenvalue weighted by molar-refractivity contribution is 7.89. The molecule has 0 fully saturated rings. The van der Waals surface area contributed by atoms with Crippen LogP contribution in [0.25, 0.3) is 0 Å². The normalized spacial score (nSPS) is 12.8. The minimum Gasteiger partial charge on any atom is -0.450 e. The Kier molecular flexibility index (Phi) is 5.97. The summed E-state index contributed by atoms with van der Waals surface area (Å²) < 4.78 is 31.3. The molecule has 1 atom stereocenters. The van der Waals surface area contributed by atoms with E-state index in [0.717, 1.165) is 0 Å². The SMILES string of the molecule is CCOC(=O)Nc1ccc(S(=O)(=O)N[C@H](C)CC)cc1. The number of benzene rings is 1. The number of ether oxygens (including phenoxy) is 1. The number of amides is 1. The van der Waals surface area contributed by atoms with E-state index in [1.165, 1.54) is 24.3 Å². The minimum atomic E-state index is -3.52. The Balaban J connectivity index is 2.78. The minimum absolute atomic E-state index is 0.127. The highest BCUT2D eigenvalue weighted by atomic mass is 32.2. The second-order valence-corrected chi connectivity index (χ2v) is 6.01. The second-order valence-electron chi connectivity index (χ2n) is 4.30. The van der Waals surface area contributed by atoms with E-state index in [1.807, 2.05) is 6.92 Å². The van der Waals surface area contributed by atoms with Gasteiger partial charge in [-0.15, -0.1) is 0 Å². The molecule has 0 saturated carbocycles. The van der Waals surface area contributed by atoms with Gasteiger partial charge in [-0.05, 0) is 44.5 Å². The Morgan fingerprint density at radius 2 is 1.85 bits per heavy atom. The highest BCUT2D eigenvalue weighted by Gasteiger charge is 2.16. The molecule has 1 rings (SSSR count). The predicted molar refractivity (Wildman–Crippen MR) is 77.2 cm³/mol. The van der Waals surface area contributed by atoms with Gasteiger partial charge in [0.15, 0.2) is 0 Å². The van der Waals surface area contributed by atoms with Gasteiger partial charge in [0.2, 0.25) is 10.0 Å². The van der Waals surface area contributed by atoms with Crippen LogP contribution in [0.5, 0.6) is 0 Å². The lowest BCUT2D eigenvalue weighted by Crippen LogP contribution is -2.31. The first-order chi connectivity index (χ1) is 9.39. The Morgan fingerprint density at radius 1 is 1.25 bits per heavy atom. The molecule has 0 radical (unpaired) electrons. The summed E-state index contributed by atoms with van der Waals surface area (Å²) in [5, 5.41) is 2.50. The lowest BCUT2D eigenvalue weighted by atomic mass is 10.3. The third-order valence-electron chi connectivity index (χ3n) is 2.66. The summed E-state index contributed by atoms with van der Waals surface area (Å²) in [5.41, 5.74) is 0.478. The van der Waals surface area contributed by atoms with E-state index in [4.69, 9.17) is 4.74 Å². The molecule has 1 aromatic rings. The number of rotatable bonds is 6. The van der Waals surface area contributed by atoms with Crippen LogP contribution in [0.2, 0.25) is 0 Å². The fourth-order valence-corrected chi connectivity index (χ4v) is 2.75. The largest absolute Gasteiger partial charge is 0.450 e. The molecule has 2 N–H and O–H groups in total. The molecule has 7 heteroatoms. The molecule has 0 spiro atoms. The maximum Gasteiger partial charge on any atom is 0.411 e. The Morgan fingerprint density at radius 3 is 2.35 bits per heavy atom. The third kappa shape index (κ3) is 4.82. The van der Waals surface area contributed by atoms with E-state index in [-0.39, 0.29) is 17.5 Å². The molecule has 0 heterocycles. The monoisotopic (exact) mass is 300 g/mol. The van der Waals surface area contributed by atoms with Crippen molar-refractivity contribution >= 4 is 21.8 Å². The molecule has 0 aliphatic rings. The molecular weight excluding hydrogens is 280 g/mol. The van der Waals surface area contributed by atoms with Gasteiger partial charge >= 0.3 is 6.09 Å². The number of carbonyl (C=O) groups is 1. The molecule has 0 aromatic heterocycles. The zero-order valence-corrected chi connectivity index (χ0v) is 12.7. The lowest BCUT2D eigenvalue weighted by molar-refractivity contribution is 0.168. The molecular formula is C13H20N2O4S. The number of sulfonamides is 1. The van der Waals surface area contributed by atoms with Crippen LogP contribution in [-0.4, -0.2) is 27.2 Å². The molecule has 0 saturated heterocycles. The van der Waals surface area contributed by atoms with Crippen molar-refractivity contribution in [1.29, 1.82) is 0 Å². The van der Waals surface area contributed by atoms with Crippen molar-refractivity contribution in [3.05, 3.63) is 24.3 Å². The first-order valence-corrected chi connectivity index (χ1v) is 7.93. The molecule has 1 aromatic carbocycles. The number of nitrogens with one attached hydrogen (secondary N) is 2. The van der Waals surface area contributed by atoms with Crippen LogP contribution in [0.15, 0.2) is 29.2 Å². The van der Waals surface area contributed by atoms with Crippen molar-refractivity contribution in [1.82, 2.24) is 4.72 Å². The number of hydrogen-bond donors (Lipinski definition) is 2. The van der Waals surface area contributed by atoms with Crippen molar-refractivity contribution in [2.45, 2.75) is 38.1 Å². The average molecular weight is 300 g/mol. The van der Waals surface area contributed by atoms with Crippen molar-refractivity contribution in [2.24, 2.45) is 0 Å². The van der Waals surface area contributed by atoms with E-state index in [0.29, 0.717) is 12.1 Å². The van der Waals surface area contributed by atoms with Gasteiger partial charge in [-0.3, -0.25) is 5.32 Å². The number of carbonyl (C=O) groups excluding carboxylic acids is 1. The van der Waals surface area contributed by atoms with Crippen LogP contribution in [-0.2, 0) is 14.8 Å². The smallest absolute Gasteiger partial charge is 0.411 e. The Bertz CT molecular complexity index is 540. The molecule has 0 aliphatic heterocycles. The first-order valence-electron chi connectivity index (χ1n) is 6.45. The summed E-state index contributed by atoms with van der Waals surface area (Å²) in [5.74, 6) is 0. The van der Waals surface area contributed by atoms with Crippen LogP contribution in [0.3, 0.4) is 0 Å². The summed E-state index contributed by atoms with van der Waals surface area (Å²) in [4.78, 5) is 11.4. The standard InChI is InChI=1S/C13H20N2O4S/c1-4-10(3)15-20(17,18)12-8-6-11(7-9-12)14-13(16)19-5-2/h6-10,15H,4-5H2,1-3H3,(H,14,16)/t10-/m1/s1. The van der Waals surface area contributed by atoms with Crippen LogP contribution in [0, 0.1) is 0 Å². The van der Waals surface area contributed by atoms with Crippen molar-refractivity contribution in [3.8, 4) is 0 Å². The van der Waals surface area contributed by atoms with E-state index >= 15 is 0 Å². The Hall–Kier alpha value is -1.60. The lowest BCUT2D eigenvalue weighted by Gasteiger charge is -2.12. The van der Waals surface area contributed by atoms with Gasteiger partial charge in [-0.25, -0.2) is 17.9 Å². The third-order valence-corrected chi connectivity index (χ3v) is 4.26. The van der Waals surface area contributed by atoms with Gasteiger partial charge in [-0.1, -0.05) is 6.92 Å². The van der Waals surface area contributed by atoms with Gasteiger partial charge < -0.3 is 4.74 Å². The van der Waals surface area contributed by atoms with Gasteiger partial charge in [-0.2, -0.15) is 0 Å². The summed E-state index contributed by atoms with van der Waals surface area (Å²) in [7, 11) is -3.52. The van der Waals surface area contributed by atoms with Crippen molar-refractivity contribution in [2.75, 3.05) is 11.9 Å². The van der Waals surface area contributed by atoms with Gasteiger partial charge in [0.1, 0.15) is 0 Å². The maximum absolute atomic E-state index is 12.0. The first kappa shape index (κ1) is 16.5. The fourth-order valence-electron chi connectivity index (χ4n) is 1.42. The highest BCUT2D eigenvalue weighted by Crippen LogP contribution is 2.14. The molecule has 20 heavy (non-hydrogen) atoms. The van der Waals surface area contributed by atoms with Crippen LogP contribution >= 0.6 is 0 Å². The molecule has 6 nitrogen and oxygen atoms in total. The van der Waals surface area contributed by atoms with Crippen molar-refractivity contribution in [3.63, 3.8) is 0 Å². The van der Waals surface area contributed by atoms with E-state index in [2.05, 4.69) is 10.0 Å². The van der Waals surface area contributed by atoms with Gasteiger partial charge in [0, 0.05) is 11.7 Å². The summed E-state index contributed by atoms with van der Waals surface area (Å²) in [6.45, 7) is 5.68. The van der Waals surface area contributed by atoms with Crippen LogP contribution in [0.4, 0.5) is 10.5 Å². The molecule has 0 aliphatic carbocycles. The van der Waals surface area contributed by atoms with E-state index in [9.17, 15) is 13.2 Å². The van der Waals surface area contributed by atoms with Crippen LogP contribution < -0.4 is 10.0 Å². The molecule has 0 bridgehead atoms. The predicted octanol–water partition coefficient (Wildman–Crippen LogP) is 2.33. The number of hydrogen-bond acceptors (Lipinski definition) is 4. The van der Waals surface area contributed by atoms with Crippen LogP contribution in [0.1, 0.15) is 27.2 Å². The van der Waals surface area contributed by atoms with Gasteiger partial charge in [0.05, 0.1) is 11.5 Å². The molecule has 112 valence electrons. The average Bonchev–Trinajstić information content (AvgIpc) is 2.39. The Labute approximate surface area is 119 Å². The summed E-state index contributed by atoms with van der Waals surface area (Å²) >= 11 is 0. The topological polar surface area (TPSA) is 84.5 Å². The summed E-state index contributed by atoms with van der Waals surface area (Å²) in [6, 6.07) is 5.78. The quantitative estimate of drug-likeness (QED) is 0.844. The van der Waals surface area contributed by atoms with Crippen molar-refractivity contribution < 1.29 is 17.9 Å². The fraction of sp³-hybridized carbons (Fsp3) is 0.462. The summed E-state index contributed by atoms with van der Waals surface area (Å²) in [6.07, 6.45) is 0.141. The number of anilines is 1. The van der Waals surface area contributed by atoms with E-state index in [1.54, 1.807) is 13.8 Å². The maximum atomic E-state index is 12.0. The second kappa shape index (κ2) is 7.25. The zero-order chi connectivity index (χ0) is 15.2. The van der Waals surface area contributed by atoms with Gasteiger partial charge in [0.25, 0.3) is 0 Å². The van der Waals surface area contributed by atoms with E-state index < -0.39 is 16.1 Å². The molecule has 1 amide bonds.